The molecule has 2 N–H and O–H groups in total. The molecule has 0 bridgehead atoms. The first-order chi connectivity index (χ1) is 15.7. The Morgan fingerprint density at radius 3 is 2.48 bits per heavy atom. The smallest absolute Gasteiger partial charge is 0.333 e. The predicted octanol–water partition coefficient (Wildman–Crippen LogP) is 4.70. The Hall–Kier alpha value is -3.67. The summed E-state index contributed by atoms with van der Waals surface area (Å²) in [5.74, 6) is -1.01. The monoisotopic (exact) mass is 449 g/mol. The van der Waals surface area contributed by atoms with Crippen molar-refractivity contribution in [3.63, 3.8) is 0 Å². The van der Waals surface area contributed by atoms with Gasteiger partial charge < -0.3 is 15.2 Å². The summed E-state index contributed by atoms with van der Waals surface area (Å²) in [4.78, 5) is 36.6. The molecule has 0 aliphatic heterocycles. The van der Waals surface area contributed by atoms with Gasteiger partial charge in [0.15, 0.2) is 11.6 Å². The van der Waals surface area contributed by atoms with Crippen molar-refractivity contribution in [2.45, 2.75) is 33.6 Å². The van der Waals surface area contributed by atoms with Gasteiger partial charge in [-0.15, -0.1) is 0 Å². The number of ketones is 2. The summed E-state index contributed by atoms with van der Waals surface area (Å²) in [6.07, 6.45) is 9.19. The maximum absolute atomic E-state index is 12.6. The van der Waals surface area contributed by atoms with E-state index in [0.29, 0.717) is 41.2 Å². The summed E-state index contributed by atoms with van der Waals surface area (Å²) < 4.78 is 10.9. The van der Waals surface area contributed by atoms with Crippen LogP contribution in [0.4, 0.5) is 5.69 Å². The van der Waals surface area contributed by atoms with Crippen molar-refractivity contribution in [2.75, 3.05) is 18.9 Å². The van der Waals surface area contributed by atoms with Crippen LogP contribution in [0, 0.1) is 12.8 Å². The lowest BCUT2D eigenvalue weighted by Crippen LogP contribution is -2.16. The predicted molar refractivity (Wildman–Crippen MR) is 131 cm³/mol. The van der Waals surface area contributed by atoms with Crippen molar-refractivity contribution < 1.29 is 23.9 Å². The SMILES string of the molecule is C=CC1=C(/C=C\C)C(=O)C(C/C=C\c2ccc(C)c(OCCCOC(=O)C(=C)C)c2N)C1=O. The molecule has 1 aliphatic carbocycles. The fourth-order valence-electron chi connectivity index (χ4n) is 3.44. The van der Waals surface area contributed by atoms with Gasteiger partial charge in [0.2, 0.25) is 0 Å². The van der Waals surface area contributed by atoms with E-state index in [1.54, 1.807) is 38.2 Å². The highest BCUT2D eigenvalue weighted by molar-refractivity contribution is 6.26. The van der Waals surface area contributed by atoms with Gasteiger partial charge in [0.05, 0.1) is 24.8 Å². The molecule has 1 unspecified atom stereocenters. The van der Waals surface area contributed by atoms with Gasteiger partial charge in [-0.25, -0.2) is 4.79 Å². The third kappa shape index (κ3) is 6.19. The Labute approximate surface area is 195 Å². The van der Waals surface area contributed by atoms with Crippen molar-refractivity contribution in [1.29, 1.82) is 0 Å². The third-order valence-electron chi connectivity index (χ3n) is 5.20. The van der Waals surface area contributed by atoms with E-state index in [9.17, 15) is 14.4 Å². The van der Waals surface area contributed by atoms with E-state index in [4.69, 9.17) is 15.2 Å². The first-order valence-corrected chi connectivity index (χ1v) is 10.8. The van der Waals surface area contributed by atoms with E-state index in [1.165, 1.54) is 6.08 Å². The minimum Gasteiger partial charge on any atom is -0.491 e. The minimum atomic E-state index is -0.746. The molecule has 0 radical (unpaired) electrons. The number of hydrogen-bond acceptors (Lipinski definition) is 6. The molecule has 33 heavy (non-hydrogen) atoms. The van der Waals surface area contributed by atoms with Gasteiger partial charge in [-0.3, -0.25) is 9.59 Å². The van der Waals surface area contributed by atoms with Crippen molar-refractivity contribution in [3.05, 3.63) is 77.4 Å². The first-order valence-electron chi connectivity index (χ1n) is 10.8. The Morgan fingerprint density at radius 2 is 1.85 bits per heavy atom. The third-order valence-corrected chi connectivity index (χ3v) is 5.20. The summed E-state index contributed by atoms with van der Waals surface area (Å²) in [6, 6.07) is 3.75. The van der Waals surface area contributed by atoms with Gasteiger partial charge in [-0.1, -0.05) is 55.7 Å². The lowest BCUT2D eigenvalue weighted by molar-refractivity contribution is -0.139. The van der Waals surface area contributed by atoms with Gasteiger partial charge in [-0.2, -0.15) is 0 Å². The molecule has 2 rings (SSSR count). The van der Waals surface area contributed by atoms with Crippen LogP contribution in [0.3, 0.4) is 0 Å². The molecule has 6 heteroatoms. The van der Waals surface area contributed by atoms with E-state index in [2.05, 4.69) is 13.2 Å². The lowest BCUT2D eigenvalue weighted by atomic mass is 9.97. The summed E-state index contributed by atoms with van der Waals surface area (Å²) in [7, 11) is 0. The van der Waals surface area contributed by atoms with E-state index in [1.807, 2.05) is 19.1 Å². The number of benzene rings is 1. The Morgan fingerprint density at radius 1 is 1.15 bits per heavy atom. The van der Waals surface area contributed by atoms with Crippen molar-refractivity contribution in [3.8, 4) is 5.75 Å². The zero-order chi connectivity index (χ0) is 24.5. The number of carbonyl (C=O) groups excluding carboxylic acids is 3. The van der Waals surface area contributed by atoms with Crippen LogP contribution in [-0.2, 0) is 19.1 Å². The average Bonchev–Trinajstić information content (AvgIpc) is 3.00. The van der Waals surface area contributed by atoms with Crippen molar-refractivity contribution in [1.82, 2.24) is 0 Å². The molecule has 0 saturated heterocycles. The molecule has 1 atom stereocenters. The number of carbonyl (C=O) groups is 3. The highest BCUT2D eigenvalue weighted by atomic mass is 16.5. The number of nitrogens with two attached hydrogens (primary N) is 1. The van der Waals surface area contributed by atoms with Gasteiger partial charge in [0, 0.05) is 28.7 Å². The maximum Gasteiger partial charge on any atom is 0.333 e. The van der Waals surface area contributed by atoms with E-state index < -0.39 is 11.9 Å². The van der Waals surface area contributed by atoms with E-state index in [-0.39, 0.29) is 24.6 Å². The zero-order valence-electron chi connectivity index (χ0n) is 19.5. The fraction of sp³-hybridized carbons (Fsp3) is 0.296. The highest BCUT2D eigenvalue weighted by Gasteiger charge is 2.37. The number of allylic oxidation sites excluding steroid dienone is 6. The number of hydrogen-bond donors (Lipinski definition) is 1. The molecule has 0 saturated carbocycles. The molecule has 1 aromatic carbocycles. The van der Waals surface area contributed by atoms with E-state index in [0.717, 1.165) is 11.1 Å². The van der Waals surface area contributed by atoms with Crippen LogP contribution in [-0.4, -0.2) is 30.7 Å². The van der Waals surface area contributed by atoms with Gasteiger partial charge in [0.1, 0.15) is 5.75 Å². The number of rotatable bonds is 11. The van der Waals surface area contributed by atoms with Crippen LogP contribution < -0.4 is 10.5 Å². The quantitative estimate of drug-likeness (QED) is 0.173. The normalized spacial score (nSPS) is 16.2. The summed E-state index contributed by atoms with van der Waals surface area (Å²) >= 11 is 0. The van der Waals surface area contributed by atoms with Crippen LogP contribution in [0.15, 0.2) is 66.3 Å². The maximum atomic E-state index is 12.6. The largest absolute Gasteiger partial charge is 0.491 e. The van der Waals surface area contributed by atoms with Crippen molar-refractivity contribution >= 4 is 29.3 Å². The lowest BCUT2D eigenvalue weighted by Gasteiger charge is -2.14. The van der Waals surface area contributed by atoms with E-state index >= 15 is 0 Å². The van der Waals surface area contributed by atoms with Crippen LogP contribution in [0.1, 0.15) is 37.8 Å². The van der Waals surface area contributed by atoms with Crippen LogP contribution in [0.25, 0.3) is 6.08 Å². The number of anilines is 1. The molecule has 0 spiro atoms. The average molecular weight is 450 g/mol. The molecule has 0 aromatic heterocycles. The Kier molecular flexibility index (Phi) is 9.16. The second-order valence-corrected chi connectivity index (χ2v) is 7.78. The van der Waals surface area contributed by atoms with Crippen LogP contribution in [0.2, 0.25) is 0 Å². The number of nitrogen functional groups attached to an aromatic ring is 1. The number of esters is 1. The Balaban J connectivity index is 2.02. The van der Waals surface area contributed by atoms with Crippen LogP contribution >= 0.6 is 0 Å². The topological polar surface area (TPSA) is 95.7 Å². The molecule has 0 amide bonds. The molecule has 0 heterocycles. The van der Waals surface area contributed by atoms with Crippen molar-refractivity contribution in [2.24, 2.45) is 5.92 Å². The van der Waals surface area contributed by atoms with Gasteiger partial charge in [-0.05, 0) is 32.8 Å². The molecular formula is C27H31NO5. The molecule has 1 aliphatic rings. The number of Topliss-reactive ketones (excluding diaryl/α,β-unsaturated/α-hetero) is 2. The molecule has 0 fully saturated rings. The Bertz CT molecular complexity index is 1060. The summed E-state index contributed by atoms with van der Waals surface area (Å²) in [6.45, 7) is 13.0. The van der Waals surface area contributed by atoms with Gasteiger partial charge >= 0.3 is 5.97 Å². The second kappa shape index (κ2) is 11.8. The van der Waals surface area contributed by atoms with Crippen LogP contribution in [0.5, 0.6) is 5.75 Å². The molecule has 6 nitrogen and oxygen atoms in total. The highest BCUT2D eigenvalue weighted by Crippen LogP contribution is 2.32. The molecule has 174 valence electrons. The first kappa shape index (κ1) is 25.6. The molecule has 1 aromatic rings. The van der Waals surface area contributed by atoms with Gasteiger partial charge in [0.25, 0.3) is 0 Å². The summed E-state index contributed by atoms with van der Waals surface area (Å²) in [5.41, 5.74) is 9.51. The second-order valence-electron chi connectivity index (χ2n) is 7.78. The zero-order valence-corrected chi connectivity index (χ0v) is 19.5. The standard InChI is InChI=1S/C27H31NO5/c1-6-10-21-20(7-2)24(29)22(25(21)30)12-8-11-19-14-13-18(5)26(23(19)28)32-15-9-16-33-27(31)17(3)4/h6-8,10-11,13-14,22H,2-3,9,12,15-16,28H2,1,4-5H3/b10-6-,11-8-. The number of ether oxygens (including phenoxy) is 2. The molecular weight excluding hydrogens is 418 g/mol. The fourth-order valence-corrected chi connectivity index (χ4v) is 3.44. The number of aryl methyl sites for hydroxylation is 1. The summed E-state index contributed by atoms with van der Waals surface area (Å²) in [5, 5.41) is 0. The minimum absolute atomic E-state index is 0.189.